The molecule has 1 aliphatic heterocycles. The van der Waals surface area contributed by atoms with Gasteiger partial charge in [0.25, 0.3) is 0 Å². The Morgan fingerprint density at radius 2 is 2.47 bits per heavy atom. The van der Waals surface area contributed by atoms with Crippen LogP contribution in [0.3, 0.4) is 0 Å². The summed E-state index contributed by atoms with van der Waals surface area (Å²) in [5.74, 6) is 3.54. The molecule has 0 aromatic carbocycles. The van der Waals surface area contributed by atoms with Crippen LogP contribution in [-0.2, 0) is 0 Å². The summed E-state index contributed by atoms with van der Waals surface area (Å²) in [6.45, 7) is 0. The number of pyridine rings is 1. The lowest BCUT2D eigenvalue weighted by Crippen LogP contribution is -2.26. The Hall–Kier alpha value is -0.350. The van der Waals surface area contributed by atoms with Crippen LogP contribution in [-0.4, -0.2) is 28.8 Å². The summed E-state index contributed by atoms with van der Waals surface area (Å²) in [4.78, 5) is 5.62. The Balaban J connectivity index is 1.91. The molecule has 1 aromatic rings. The predicted molar refractivity (Wildman–Crippen MR) is 70.0 cm³/mol. The van der Waals surface area contributed by atoms with Gasteiger partial charge in [-0.25, -0.2) is 4.98 Å². The molecule has 82 valence electrons. The summed E-state index contributed by atoms with van der Waals surface area (Å²) < 4.78 is 0. The van der Waals surface area contributed by atoms with E-state index in [1.807, 2.05) is 18.0 Å². The average Bonchev–Trinajstić information content (AvgIpc) is 2.31. The zero-order chi connectivity index (χ0) is 10.5. The SMILES string of the molecule is CSc1ccc(NC2CCCSC2)nc1. The number of nitrogens with one attached hydrogen (secondary N) is 1. The fourth-order valence-electron chi connectivity index (χ4n) is 1.65. The zero-order valence-corrected chi connectivity index (χ0v) is 10.5. The quantitative estimate of drug-likeness (QED) is 0.821. The third-order valence-electron chi connectivity index (χ3n) is 2.48. The first-order valence-electron chi connectivity index (χ1n) is 5.23. The second kappa shape index (κ2) is 5.66. The average molecular weight is 240 g/mol. The van der Waals surface area contributed by atoms with E-state index in [4.69, 9.17) is 0 Å². The topological polar surface area (TPSA) is 24.9 Å². The molecule has 2 rings (SSSR count). The minimum Gasteiger partial charge on any atom is -0.367 e. The third kappa shape index (κ3) is 3.31. The highest BCUT2D eigenvalue weighted by Gasteiger charge is 2.13. The Morgan fingerprint density at radius 3 is 3.07 bits per heavy atom. The van der Waals surface area contributed by atoms with Gasteiger partial charge in [-0.1, -0.05) is 0 Å². The molecule has 0 saturated carbocycles. The first kappa shape index (κ1) is 11.1. The van der Waals surface area contributed by atoms with E-state index >= 15 is 0 Å². The van der Waals surface area contributed by atoms with Gasteiger partial charge in [-0.15, -0.1) is 11.8 Å². The molecule has 1 atom stereocenters. The van der Waals surface area contributed by atoms with Crippen molar-refractivity contribution in [3.8, 4) is 0 Å². The Morgan fingerprint density at radius 1 is 1.53 bits per heavy atom. The van der Waals surface area contributed by atoms with Crippen molar-refractivity contribution in [2.45, 2.75) is 23.8 Å². The molecule has 1 aliphatic rings. The normalized spacial score (nSPS) is 21.3. The largest absolute Gasteiger partial charge is 0.367 e. The lowest BCUT2D eigenvalue weighted by atomic mass is 10.2. The van der Waals surface area contributed by atoms with Gasteiger partial charge < -0.3 is 5.32 Å². The van der Waals surface area contributed by atoms with Crippen molar-refractivity contribution >= 4 is 29.3 Å². The smallest absolute Gasteiger partial charge is 0.126 e. The molecule has 1 aromatic heterocycles. The number of rotatable bonds is 3. The van der Waals surface area contributed by atoms with Gasteiger partial charge in [-0.2, -0.15) is 11.8 Å². The molecular formula is C11H16N2S2. The number of hydrogen-bond donors (Lipinski definition) is 1. The minimum atomic E-state index is 0.608. The highest BCUT2D eigenvalue weighted by Crippen LogP contribution is 2.21. The maximum absolute atomic E-state index is 4.40. The molecule has 1 fully saturated rings. The Labute approximate surface area is 99.6 Å². The van der Waals surface area contributed by atoms with E-state index in [9.17, 15) is 0 Å². The molecule has 4 heteroatoms. The Kier molecular flexibility index (Phi) is 4.20. The summed E-state index contributed by atoms with van der Waals surface area (Å²) in [7, 11) is 0. The highest BCUT2D eigenvalue weighted by atomic mass is 32.2. The van der Waals surface area contributed by atoms with Crippen molar-refractivity contribution in [3.05, 3.63) is 18.3 Å². The van der Waals surface area contributed by atoms with E-state index in [0.29, 0.717) is 6.04 Å². The molecule has 2 nitrogen and oxygen atoms in total. The number of nitrogens with zero attached hydrogens (tertiary/aromatic N) is 1. The second-order valence-corrected chi connectivity index (χ2v) is 5.67. The fraction of sp³-hybridized carbons (Fsp3) is 0.545. The van der Waals surface area contributed by atoms with Crippen molar-refractivity contribution in [3.63, 3.8) is 0 Å². The number of anilines is 1. The van der Waals surface area contributed by atoms with Crippen LogP contribution in [0.1, 0.15) is 12.8 Å². The lowest BCUT2D eigenvalue weighted by Gasteiger charge is -2.22. The molecule has 15 heavy (non-hydrogen) atoms. The van der Waals surface area contributed by atoms with Gasteiger partial charge in [-0.3, -0.25) is 0 Å². The van der Waals surface area contributed by atoms with E-state index < -0.39 is 0 Å². The molecule has 0 amide bonds. The number of thioether (sulfide) groups is 2. The maximum Gasteiger partial charge on any atom is 0.126 e. The van der Waals surface area contributed by atoms with Crippen LogP contribution in [0, 0.1) is 0 Å². The summed E-state index contributed by atoms with van der Waals surface area (Å²) >= 11 is 3.76. The summed E-state index contributed by atoms with van der Waals surface area (Å²) in [5, 5.41) is 3.49. The summed E-state index contributed by atoms with van der Waals surface area (Å²) in [6.07, 6.45) is 6.61. The maximum atomic E-state index is 4.40. The third-order valence-corrected chi connectivity index (χ3v) is 4.41. The lowest BCUT2D eigenvalue weighted by molar-refractivity contribution is 0.682. The van der Waals surface area contributed by atoms with E-state index in [0.717, 1.165) is 5.82 Å². The fourth-order valence-corrected chi connectivity index (χ4v) is 3.08. The van der Waals surface area contributed by atoms with E-state index in [1.54, 1.807) is 11.8 Å². The van der Waals surface area contributed by atoms with Crippen molar-refractivity contribution < 1.29 is 0 Å². The van der Waals surface area contributed by atoms with Crippen LogP contribution in [0.4, 0.5) is 5.82 Å². The molecule has 0 radical (unpaired) electrons. The van der Waals surface area contributed by atoms with Crippen LogP contribution in [0.15, 0.2) is 23.2 Å². The van der Waals surface area contributed by atoms with Crippen molar-refractivity contribution in [1.82, 2.24) is 4.98 Å². The number of aromatic nitrogens is 1. The van der Waals surface area contributed by atoms with Gasteiger partial charge in [0.15, 0.2) is 0 Å². The van der Waals surface area contributed by atoms with Gasteiger partial charge in [0.2, 0.25) is 0 Å². The first-order valence-corrected chi connectivity index (χ1v) is 7.61. The molecule has 1 unspecified atom stereocenters. The standard InChI is InChI=1S/C11H16N2S2/c1-14-10-4-5-11(12-7-10)13-9-3-2-6-15-8-9/h4-5,7,9H,2-3,6,8H2,1H3,(H,12,13). The van der Waals surface area contributed by atoms with Gasteiger partial charge in [0.05, 0.1) is 0 Å². The van der Waals surface area contributed by atoms with Crippen LogP contribution < -0.4 is 5.32 Å². The van der Waals surface area contributed by atoms with Gasteiger partial charge in [0, 0.05) is 22.9 Å². The number of hydrogen-bond acceptors (Lipinski definition) is 4. The molecule has 1 saturated heterocycles. The molecular weight excluding hydrogens is 224 g/mol. The van der Waals surface area contributed by atoms with E-state index in [1.165, 1.54) is 29.2 Å². The van der Waals surface area contributed by atoms with Crippen molar-refractivity contribution in [2.75, 3.05) is 23.1 Å². The van der Waals surface area contributed by atoms with Gasteiger partial charge in [-0.05, 0) is 37.0 Å². The summed E-state index contributed by atoms with van der Waals surface area (Å²) in [5.41, 5.74) is 0. The van der Waals surface area contributed by atoms with Gasteiger partial charge in [0.1, 0.15) is 5.82 Å². The van der Waals surface area contributed by atoms with E-state index in [2.05, 4.69) is 28.7 Å². The molecule has 0 aliphatic carbocycles. The Bertz CT molecular complexity index is 294. The predicted octanol–water partition coefficient (Wildman–Crippen LogP) is 3.11. The van der Waals surface area contributed by atoms with E-state index in [-0.39, 0.29) is 0 Å². The first-order chi connectivity index (χ1) is 7.38. The van der Waals surface area contributed by atoms with Crippen LogP contribution in [0.2, 0.25) is 0 Å². The van der Waals surface area contributed by atoms with Gasteiger partial charge >= 0.3 is 0 Å². The molecule has 0 spiro atoms. The van der Waals surface area contributed by atoms with Crippen molar-refractivity contribution in [2.24, 2.45) is 0 Å². The van der Waals surface area contributed by atoms with Crippen LogP contribution >= 0.6 is 23.5 Å². The van der Waals surface area contributed by atoms with Crippen LogP contribution in [0.5, 0.6) is 0 Å². The minimum absolute atomic E-state index is 0.608. The van der Waals surface area contributed by atoms with Crippen molar-refractivity contribution in [1.29, 1.82) is 0 Å². The summed E-state index contributed by atoms with van der Waals surface area (Å²) in [6, 6.07) is 4.80. The monoisotopic (exact) mass is 240 g/mol. The van der Waals surface area contributed by atoms with Crippen LogP contribution in [0.25, 0.3) is 0 Å². The molecule has 2 heterocycles. The highest BCUT2D eigenvalue weighted by molar-refractivity contribution is 7.99. The second-order valence-electron chi connectivity index (χ2n) is 3.64. The zero-order valence-electron chi connectivity index (χ0n) is 8.90. The molecule has 0 bridgehead atoms. The molecule has 1 N–H and O–H groups in total.